The van der Waals surface area contributed by atoms with Crippen molar-refractivity contribution >= 4 is 17.1 Å². The van der Waals surface area contributed by atoms with Gasteiger partial charge in [0.15, 0.2) is 0 Å². The van der Waals surface area contributed by atoms with Gasteiger partial charge in [-0.25, -0.2) is 0 Å². The summed E-state index contributed by atoms with van der Waals surface area (Å²) < 4.78 is 73.9. The Hall–Kier alpha value is -6.44. The van der Waals surface area contributed by atoms with E-state index in [0.717, 1.165) is 16.7 Å². The topological polar surface area (TPSA) is 3.24 Å². The maximum absolute atomic E-state index is 9.35. The summed E-state index contributed by atoms with van der Waals surface area (Å²) in [6, 6.07) is 47.6. The van der Waals surface area contributed by atoms with Gasteiger partial charge in [-0.05, 0) is 97.5 Å². The average molecular weight is 646 g/mol. The quantitative estimate of drug-likeness (QED) is 0.167. The first kappa shape index (κ1) is 22.2. The lowest BCUT2D eigenvalue weighted by Gasteiger charge is -2.26. The van der Waals surface area contributed by atoms with Crippen molar-refractivity contribution in [2.45, 2.75) is 5.92 Å². The second kappa shape index (κ2) is 12.9. The van der Waals surface area contributed by atoms with Gasteiger partial charge >= 0.3 is 0 Å². The van der Waals surface area contributed by atoms with Gasteiger partial charge in [-0.15, -0.1) is 0 Å². The molecular weight excluding hydrogens is 603 g/mol. The molecule has 1 heteroatoms. The van der Waals surface area contributed by atoms with Crippen molar-refractivity contribution < 1.29 is 11.0 Å². The van der Waals surface area contributed by atoms with Crippen LogP contribution >= 0.6 is 0 Å². The molecule has 0 N–H and O–H groups in total. The van der Waals surface area contributed by atoms with Gasteiger partial charge in [0.05, 0.1) is 11.0 Å². The van der Waals surface area contributed by atoms with Crippen LogP contribution in [-0.4, -0.2) is 0 Å². The zero-order valence-corrected chi connectivity index (χ0v) is 27.0. The third kappa shape index (κ3) is 5.40. The van der Waals surface area contributed by atoms with E-state index in [2.05, 4.69) is 60.7 Å². The van der Waals surface area contributed by atoms with Crippen LogP contribution in [-0.2, 0) is 0 Å². The molecule has 236 valence electrons. The summed E-state index contributed by atoms with van der Waals surface area (Å²) in [6.45, 7) is 0. The smallest absolute Gasteiger partial charge is 0.0645 e. The Morgan fingerprint density at radius 3 is 1.14 bits per heavy atom. The number of hydrogen-bond acceptors (Lipinski definition) is 1. The molecule has 1 nitrogen and oxygen atoms in total. The van der Waals surface area contributed by atoms with Crippen LogP contribution in [0.25, 0.3) is 44.5 Å². The SMILES string of the molecule is [2H]c1c([2H])c(N(c2ccc(-c3ccccc3C3c4ccccc4-c4ccccc43)cc2)c2c([2H])c([2H])c(-c3ccccc3)c([2H])c2[2H])c([2H])c([2H])c1-c1ccccc1. The second-order valence-electron chi connectivity index (χ2n) is 12.3. The highest BCUT2D eigenvalue weighted by Gasteiger charge is 2.30. The van der Waals surface area contributed by atoms with Crippen LogP contribution in [0.2, 0.25) is 0 Å². The van der Waals surface area contributed by atoms with Crippen LogP contribution in [0, 0.1) is 0 Å². The molecular formula is C49H35N. The van der Waals surface area contributed by atoms with Crippen molar-refractivity contribution in [3.63, 3.8) is 0 Å². The van der Waals surface area contributed by atoms with E-state index in [4.69, 9.17) is 5.48 Å². The average Bonchev–Trinajstić information content (AvgIpc) is 3.60. The Morgan fingerprint density at radius 1 is 0.300 bits per heavy atom. The van der Waals surface area contributed by atoms with Crippen molar-refractivity contribution in [3.8, 4) is 44.5 Å². The highest BCUT2D eigenvalue weighted by Crippen LogP contribution is 2.50. The van der Waals surface area contributed by atoms with E-state index in [1.807, 2.05) is 36.4 Å². The molecule has 1 aliphatic rings. The summed E-state index contributed by atoms with van der Waals surface area (Å²) in [5.74, 6) is -0.00331. The molecule has 0 aromatic heterocycles. The largest absolute Gasteiger partial charge is 0.311 e. The fourth-order valence-electron chi connectivity index (χ4n) is 7.00. The van der Waals surface area contributed by atoms with E-state index in [0.29, 0.717) is 16.8 Å². The van der Waals surface area contributed by atoms with E-state index in [1.54, 1.807) is 60.7 Å². The molecule has 0 spiro atoms. The first-order valence-corrected chi connectivity index (χ1v) is 16.7. The van der Waals surface area contributed by atoms with E-state index in [1.165, 1.54) is 27.2 Å². The van der Waals surface area contributed by atoms with E-state index in [-0.39, 0.29) is 76.8 Å². The fourth-order valence-corrected chi connectivity index (χ4v) is 7.00. The van der Waals surface area contributed by atoms with Crippen molar-refractivity contribution in [2.75, 3.05) is 4.90 Å². The highest BCUT2D eigenvalue weighted by atomic mass is 15.1. The maximum atomic E-state index is 9.35. The summed E-state index contributed by atoms with van der Waals surface area (Å²) in [5, 5.41) is 0. The lowest BCUT2D eigenvalue weighted by Crippen LogP contribution is -2.10. The molecule has 0 fully saturated rings. The lowest BCUT2D eigenvalue weighted by molar-refractivity contribution is 1.02. The standard InChI is InChI=1S/C49H35N/c1-3-13-35(14-4-1)37-23-29-40(30-24-37)50(41-31-25-38(26-32-41)36-15-5-2-6-16-36)42-33-27-39(28-34-42)43-17-7-10-20-46(43)49-47-21-11-8-18-44(47)45-19-9-12-22-48(45)49/h1-34,49H/i23D,24D,25D,26D,29D,30D,31D,32D. The predicted molar refractivity (Wildman–Crippen MR) is 210 cm³/mol. The van der Waals surface area contributed by atoms with E-state index >= 15 is 0 Å². The van der Waals surface area contributed by atoms with Gasteiger partial charge in [0, 0.05) is 23.0 Å². The Labute approximate surface area is 305 Å². The third-order valence-electron chi connectivity index (χ3n) is 9.34. The summed E-state index contributed by atoms with van der Waals surface area (Å²) in [5.41, 5.74) is 9.15. The normalized spacial score (nSPS) is 14.2. The minimum absolute atomic E-state index is 0.00331. The van der Waals surface area contributed by atoms with Crippen molar-refractivity contribution in [1.82, 2.24) is 0 Å². The molecule has 8 aromatic carbocycles. The molecule has 0 saturated heterocycles. The molecule has 0 aliphatic heterocycles. The molecule has 0 amide bonds. The Morgan fingerprint density at radius 2 is 0.680 bits per heavy atom. The summed E-state index contributed by atoms with van der Waals surface area (Å²) >= 11 is 0. The monoisotopic (exact) mass is 645 g/mol. The lowest BCUT2D eigenvalue weighted by atomic mass is 9.84. The van der Waals surface area contributed by atoms with Crippen LogP contribution in [0.15, 0.2) is 206 Å². The number of nitrogens with zero attached hydrogens (tertiary/aromatic N) is 1. The maximum Gasteiger partial charge on any atom is 0.0645 e. The van der Waals surface area contributed by atoms with Gasteiger partial charge in [0.1, 0.15) is 0 Å². The minimum atomic E-state index is -0.378. The van der Waals surface area contributed by atoms with E-state index in [9.17, 15) is 5.48 Å². The van der Waals surface area contributed by atoms with Gasteiger partial charge in [-0.2, -0.15) is 0 Å². The third-order valence-corrected chi connectivity index (χ3v) is 9.34. The molecule has 0 radical (unpaired) electrons. The van der Waals surface area contributed by atoms with Gasteiger partial charge < -0.3 is 4.90 Å². The van der Waals surface area contributed by atoms with Crippen molar-refractivity contribution in [2.24, 2.45) is 0 Å². The first-order valence-electron chi connectivity index (χ1n) is 20.7. The minimum Gasteiger partial charge on any atom is -0.311 e. The van der Waals surface area contributed by atoms with Gasteiger partial charge in [0.2, 0.25) is 0 Å². The summed E-state index contributed by atoms with van der Waals surface area (Å²) in [4.78, 5) is 1.35. The Bertz CT molecular complexity index is 2670. The molecule has 50 heavy (non-hydrogen) atoms. The van der Waals surface area contributed by atoms with Crippen molar-refractivity contribution in [3.05, 3.63) is 223 Å². The number of hydrogen-bond donors (Lipinski definition) is 0. The van der Waals surface area contributed by atoms with Crippen LogP contribution in [0.1, 0.15) is 33.6 Å². The van der Waals surface area contributed by atoms with Crippen LogP contribution in [0.3, 0.4) is 0 Å². The van der Waals surface area contributed by atoms with Gasteiger partial charge in [0.25, 0.3) is 0 Å². The summed E-state index contributed by atoms with van der Waals surface area (Å²) in [7, 11) is 0. The highest BCUT2D eigenvalue weighted by molar-refractivity contribution is 5.85. The van der Waals surface area contributed by atoms with Crippen LogP contribution < -0.4 is 4.90 Å². The molecule has 0 saturated carbocycles. The van der Waals surface area contributed by atoms with Gasteiger partial charge in [-0.1, -0.05) is 170 Å². The Kier molecular flexibility index (Phi) is 5.73. The van der Waals surface area contributed by atoms with Crippen LogP contribution in [0.5, 0.6) is 0 Å². The molecule has 8 aromatic rings. The zero-order valence-electron chi connectivity index (χ0n) is 35.0. The number of anilines is 3. The number of fused-ring (bicyclic) bond motifs is 3. The molecule has 0 heterocycles. The molecule has 0 unspecified atom stereocenters. The number of rotatable bonds is 7. The Balaban J connectivity index is 1.24. The zero-order chi connectivity index (χ0) is 40.2. The fraction of sp³-hybridized carbons (Fsp3) is 0.0204. The first-order chi connectivity index (χ1) is 28.2. The van der Waals surface area contributed by atoms with Gasteiger partial charge in [-0.3, -0.25) is 0 Å². The molecule has 0 bridgehead atoms. The molecule has 9 rings (SSSR count). The number of benzene rings is 8. The molecule has 0 atom stereocenters. The van der Waals surface area contributed by atoms with E-state index < -0.39 is 0 Å². The summed E-state index contributed by atoms with van der Waals surface area (Å²) in [6.07, 6.45) is 0. The second-order valence-corrected chi connectivity index (χ2v) is 12.3. The predicted octanol–water partition coefficient (Wildman–Crippen LogP) is 13.3. The molecule has 1 aliphatic carbocycles. The van der Waals surface area contributed by atoms with Crippen LogP contribution in [0.4, 0.5) is 17.1 Å². The van der Waals surface area contributed by atoms with Crippen molar-refractivity contribution in [1.29, 1.82) is 0 Å².